The van der Waals surface area contributed by atoms with Crippen LogP contribution in [0.15, 0.2) is 61.1 Å². The summed E-state index contributed by atoms with van der Waals surface area (Å²) < 4.78 is 1.91. The molecule has 7 nitrogen and oxygen atoms in total. The summed E-state index contributed by atoms with van der Waals surface area (Å²) in [6.45, 7) is 1.48. The van der Waals surface area contributed by atoms with Gasteiger partial charge in [0.15, 0.2) is 5.82 Å². The summed E-state index contributed by atoms with van der Waals surface area (Å²) in [5.41, 5.74) is 3.65. The molecule has 2 amide bonds. The molecule has 0 atom stereocenters. The molecule has 2 N–H and O–H groups in total. The van der Waals surface area contributed by atoms with E-state index in [0.29, 0.717) is 37.4 Å². The Kier molecular flexibility index (Phi) is 4.80. The number of benzene rings is 2. The third-order valence-electron chi connectivity index (χ3n) is 4.83. The number of hydrogen-bond acceptors (Lipinski definition) is 3. The second-order valence-corrected chi connectivity index (χ2v) is 6.81. The van der Waals surface area contributed by atoms with Gasteiger partial charge in [-0.1, -0.05) is 36.4 Å². The van der Waals surface area contributed by atoms with Gasteiger partial charge in [0.2, 0.25) is 0 Å². The van der Waals surface area contributed by atoms with E-state index in [0.717, 1.165) is 16.7 Å². The molecule has 2 heterocycles. The summed E-state index contributed by atoms with van der Waals surface area (Å²) in [6, 6.07) is 15.4. The average Bonchev–Trinajstić information content (AvgIpc) is 3.14. The lowest BCUT2D eigenvalue weighted by atomic mass is 9.97. The molecule has 2 aromatic carbocycles. The number of carbonyl (C=O) groups excluding carboxylic acids is 1. The first-order valence-corrected chi connectivity index (χ1v) is 9.05. The summed E-state index contributed by atoms with van der Waals surface area (Å²) >= 11 is 0. The molecular formula is C21H20N4O3. The molecule has 0 bridgehead atoms. The van der Waals surface area contributed by atoms with Crippen molar-refractivity contribution in [3.05, 3.63) is 83.3 Å². The van der Waals surface area contributed by atoms with Crippen molar-refractivity contribution in [2.45, 2.75) is 19.5 Å². The number of carboxylic acid groups (broad SMARTS) is 1. The molecule has 7 heteroatoms. The maximum absolute atomic E-state index is 12.6. The highest BCUT2D eigenvalue weighted by Gasteiger charge is 2.21. The van der Waals surface area contributed by atoms with Gasteiger partial charge in [0, 0.05) is 31.4 Å². The SMILES string of the molecule is O=C(Nc1cn(Cc2ccccc2)cn1)c1ccc2c(c1)CCN(C(=O)O)C2. The van der Waals surface area contributed by atoms with Crippen molar-refractivity contribution in [2.75, 3.05) is 11.9 Å². The van der Waals surface area contributed by atoms with Crippen LogP contribution < -0.4 is 5.32 Å². The normalized spacial score (nSPS) is 13.1. The van der Waals surface area contributed by atoms with Crippen LogP contribution in [0.5, 0.6) is 0 Å². The summed E-state index contributed by atoms with van der Waals surface area (Å²) in [6.07, 6.45) is 3.18. The second kappa shape index (κ2) is 7.56. The molecule has 142 valence electrons. The number of rotatable bonds is 4. The van der Waals surface area contributed by atoms with E-state index in [9.17, 15) is 9.59 Å². The third-order valence-corrected chi connectivity index (χ3v) is 4.83. The van der Waals surface area contributed by atoms with Crippen molar-refractivity contribution in [1.29, 1.82) is 0 Å². The zero-order valence-corrected chi connectivity index (χ0v) is 15.2. The van der Waals surface area contributed by atoms with Gasteiger partial charge in [-0.15, -0.1) is 0 Å². The van der Waals surface area contributed by atoms with E-state index in [-0.39, 0.29) is 5.91 Å². The largest absolute Gasteiger partial charge is 0.465 e. The fourth-order valence-corrected chi connectivity index (χ4v) is 3.35. The van der Waals surface area contributed by atoms with Gasteiger partial charge >= 0.3 is 6.09 Å². The third kappa shape index (κ3) is 3.88. The van der Waals surface area contributed by atoms with Gasteiger partial charge in [0.25, 0.3) is 5.91 Å². The minimum atomic E-state index is -0.918. The number of anilines is 1. The van der Waals surface area contributed by atoms with E-state index in [1.165, 1.54) is 4.90 Å². The van der Waals surface area contributed by atoms with E-state index in [1.807, 2.05) is 47.0 Å². The Labute approximate surface area is 162 Å². The maximum atomic E-state index is 12.6. The van der Waals surface area contributed by atoms with E-state index in [4.69, 9.17) is 5.11 Å². The van der Waals surface area contributed by atoms with Crippen LogP contribution in [0.2, 0.25) is 0 Å². The molecule has 0 unspecified atom stereocenters. The fraction of sp³-hybridized carbons (Fsp3) is 0.190. The van der Waals surface area contributed by atoms with E-state index in [1.54, 1.807) is 18.6 Å². The zero-order valence-electron chi connectivity index (χ0n) is 15.2. The van der Waals surface area contributed by atoms with Crippen molar-refractivity contribution >= 4 is 17.8 Å². The molecule has 1 aliphatic heterocycles. The molecule has 1 aromatic heterocycles. The van der Waals surface area contributed by atoms with Crippen LogP contribution in [0.1, 0.15) is 27.0 Å². The molecule has 0 saturated carbocycles. The number of nitrogens with zero attached hydrogens (tertiary/aromatic N) is 3. The highest BCUT2D eigenvalue weighted by molar-refractivity contribution is 6.03. The molecule has 0 aliphatic carbocycles. The highest BCUT2D eigenvalue weighted by atomic mass is 16.4. The van der Waals surface area contributed by atoms with Gasteiger partial charge in [-0.05, 0) is 35.2 Å². The maximum Gasteiger partial charge on any atom is 0.407 e. The smallest absolute Gasteiger partial charge is 0.407 e. The molecule has 0 spiro atoms. The first kappa shape index (κ1) is 17.8. The number of amides is 2. The first-order valence-electron chi connectivity index (χ1n) is 9.05. The molecule has 0 saturated heterocycles. The minimum Gasteiger partial charge on any atom is -0.465 e. The number of nitrogens with one attached hydrogen (secondary N) is 1. The topological polar surface area (TPSA) is 87.5 Å². The van der Waals surface area contributed by atoms with Crippen LogP contribution in [-0.4, -0.2) is 38.1 Å². The van der Waals surface area contributed by atoms with Gasteiger partial charge < -0.3 is 19.9 Å². The Balaban J connectivity index is 1.42. The number of imidazole rings is 1. The molecule has 0 radical (unpaired) electrons. The molecular weight excluding hydrogens is 356 g/mol. The van der Waals surface area contributed by atoms with Crippen LogP contribution in [0.3, 0.4) is 0 Å². The van der Waals surface area contributed by atoms with Gasteiger partial charge in [-0.3, -0.25) is 4.79 Å². The number of fused-ring (bicyclic) bond motifs is 1. The van der Waals surface area contributed by atoms with Crippen LogP contribution >= 0.6 is 0 Å². The average molecular weight is 376 g/mol. The van der Waals surface area contributed by atoms with Crippen molar-refractivity contribution < 1.29 is 14.7 Å². The Bertz CT molecular complexity index is 1010. The predicted molar refractivity (Wildman–Crippen MR) is 104 cm³/mol. The van der Waals surface area contributed by atoms with E-state index in [2.05, 4.69) is 10.3 Å². The monoisotopic (exact) mass is 376 g/mol. The lowest BCUT2D eigenvalue weighted by molar-refractivity contribution is 0.102. The fourth-order valence-electron chi connectivity index (χ4n) is 3.35. The Morgan fingerprint density at radius 3 is 2.71 bits per heavy atom. The van der Waals surface area contributed by atoms with E-state index < -0.39 is 6.09 Å². The van der Waals surface area contributed by atoms with Gasteiger partial charge in [-0.25, -0.2) is 9.78 Å². The van der Waals surface area contributed by atoms with Crippen LogP contribution in [-0.2, 0) is 19.5 Å². The summed E-state index contributed by atoms with van der Waals surface area (Å²) in [5, 5.41) is 11.9. The molecule has 28 heavy (non-hydrogen) atoms. The van der Waals surface area contributed by atoms with Crippen molar-refractivity contribution in [3.8, 4) is 0 Å². The Morgan fingerprint density at radius 1 is 1.11 bits per heavy atom. The standard InChI is InChI=1S/C21H20N4O3/c26-20(17-6-7-18-12-25(21(27)28)9-8-16(18)10-17)23-19-13-24(14-22-19)11-15-4-2-1-3-5-15/h1-7,10,13-14H,8-9,11-12H2,(H,23,26)(H,27,28). The summed E-state index contributed by atoms with van der Waals surface area (Å²) in [4.78, 5) is 29.3. The molecule has 0 fully saturated rings. The van der Waals surface area contributed by atoms with Crippen LogP contribution in [0.4, 0.5) is 10.6 Å². The number of hydrogen-bond donors (Lipinski definition) is 2. The second-order valence-electron chi connectivity index (χ2n) is 6.81. The Hall–Kier alpha value is -3.61. The molecule has 3 aromatic rings. The van der Waals surface area contributed by atoms with Crippen LogP contribution in [0, 0.1) is 0 Å². The first-order chi connectivity index (χ1) is 13.6. The van der Waals surface area contributed by atoms with Crippen molar-refractivity contribution in [2.24, 2.45) is 0 Å². The number of aromatic nitrogens is 2. The summed E-state index contributed by atoms with van der Waals surface area (Å²) in [7, 11) is 0. The van der Waals surface area contributed by atoms with Gasteiger partial charge in [0.05, 0.1) is 6.33 Å². The summed E-state index contributed by atoms with van der Waals surface area (Å²) in [5.74, 6) is 0.268. The molecule has 1 aliphatic rings. The van der Waals surface area contributed by atoms with Crippen molar-refractivity contribution in [1.82, 2.24) is 14.5 Å². The lowest BCUT2D eigenvalue weighted by Crippen LogP contribution is -2.34. The highest BCUT2D eigenvalue weighted by Crippen LogP contribution is 2.21. The van der Waals surface area contributed by atoms with Gasteiger partial charge in [-0.2, -0.15) is 0 Å². The van der Waals surface area contributed by atoms with Crippen molar-refractivity contribution in [3.63, 3.8) is 0 Å². The minimum absolute atomic E-state index is 0.228. The lowest BCUT2D eigenvalue weighted by Gasteiger charge is -2.26. The predicted octanol–water partition coefficient (Wildman–Crippen LogP) is 3.22. The number of carbonyl (C=O) groups is 2. The van der Waals surface area contributed by atoms with Crippen LogP contribution in [0.25, 0.3) is 0 Å². The zero-order chi connectivity index (χ0) is 19.5. The van der Waals surface area contributed by atoms with Gasteiger partial charge in [0.1, 0.15) is 0 Å². The quantitative estimate of drug-likeness (QED) is 0.732. The van der Waals surface area contributed by atoms with E-state index >= 15 is 0 Å². The molecule has 4 rings (SSSR count). The Morgan fingerprint density at radius 2 is 1.93 bits per heavy atom.